The summed E-state index contributed by atoms with van der Waals surface area (Å²) in [7, 11) is 2.13. The van der Waals surface area contributed by atoms with Gasteiger partial charge in [-0.05, 0) is 25.0 Å². The molecule has 0 saturated heterocycles. The Bertz CT molecular complexity index is 554. The number of nitrogens with one attached hydrogen (secondary N) is 1. The van der Waals surface area contributed by atoms with Crippen LogP contribution >= 0.6 is 0 Å². The maximum absolute atomic E-state index is 4.42. The Balaban J connectivity index is 2.34. The first kappa shape index (κ1) is 9.46. The molecule has 2 heterocycles. The fraction of sp³-hybridized carbons (Fsp3) is 0.308. The number of hydrogen-bond donors (Lipinski definition) is 1. The van der Waals surface area contributed by atoms with Crippen molar-refractivity contribution in [3.05, 3.63) is 35.3 Å². The number of hydrogen-bond acceptors (Lipinski definition) is 2. The molecule has 0 bridgehead atoms. The van der Waals surface area contributed by atoms with E-state index in [1.165, 1.54) is 28.1 Å². The van der Waals surface area contributed by atoms with Gasteiger partial charge in [-0.2, -0.15) is 0 Å². The molecule has 0 saturated carbocycles. The van der Waals surface area contributed by atoms with Crippen LogP contribution in [0.2, 0.25) is 0 Å². The van der Waals surface area contributed by atoms with Crippen LogP contribution in [0, 0.1) is 13.8 Å². The second-order valence-corrected chi connectivity index (χ2v) is 4.49. The minimum absolute atomic E-state index is 0.909. The van der Waals surface area contributed by atoms with Gasteiger partial charge in [-0.1, -0.05) is 12.1 Å². The highest BCUT2D eigenvalue weighted by molar-refractivity contribution is 5.83. The molecule has 0 aliphatic carbocycles. The van der Waals surface area contributed by atoms with Crippen LogP contribution in [0.5, 0.6) is 0 Å². The lowest BCUT2D eigenvalue weighted by molar-refractivity contribution is 0.876. The minimum atomic E-state index is 0.909. The standard InChI is InChI=1S/C13H15N3/c1-8-4-5-10-12-11(14-7-15-12)6-16(3)13(10)9(8)2/h4-5,7H,6H2,1-3H3,(H,14,15). The quantitative estimate of drug-likeness (QED) is 0.729. The van der Waals surface area contributed by atoms with E-state index in [-0.39, 0.29) is 0 Å². The van der Waals surface area contributed by atoms with Gasteiger partial charge in [-0.25, -0.2) is 4.98 Å². The van der Waals surface area contributed by atoms with Crippen molar-refractivity contribution in [2.75, 3.05) is 11.9 Å². The molecule has 0 spiro atoms. The van der Waals surface area contributed by atoms with E-state index >= 15 is 0 Å². The van der Waals surface area contributed by atoms with Crippen molar-refractivity contribution in [1.82, 2.24) is 9.97 Å². The van der Waals surface area contributed by atoms with Crippen molar-refractivity contribution in [3.8, 4) is 11.3 Å². The Morgan fingerprint density at radius 2 is 2.12 bits per heavy atom. The van der Waals surface area contributed by atoms with Gasteiger partial charge in [-0.15, -0.1) is 0 Å². The molecule has 0 atom stereocenters. The maximum atomic E-state index is 4.42. The number of anilines is 1. The molecular weight excluding hydrogens is 198 g/mol. The van der Waals surface area contributed by atoms with Gasteiger partial charge in [0.2, 0.25) is 0 Å². The van der Waals surface area contributed by atoms with Crippen molar-refractivity contribution in [2.45, 2.75) is 20.4 Å². The second-order valence-electron chi connectivity index (χ2n) is 4.49. The fourth-order valence-electron chi connectivity index (χ4n) is 2.47. The summed E-state index contributed by atoms with van der Waals surface area (Å²) in [5.74, 6) is 0. The largest absolute Gasteiger partial charge is 0.368 e. The van der Waals surface area contributed by atoms with Crippen molar-refractivity contribution in [1.29, 1.82) is 0 Å². The van der Waals surface area contributed by atoms with Gasteiger partial charge < -0.3 is 9.88 Å². The van der Waals surface area contributed by atoms with Gasteiger partial charge in [0.1, 0.15) is 0 Å². The number of aromatic nitrogens is 2. The highest BCUT2D eigenvalue weighted by Crippen LogP contribution is 2.39. The van der Waals surface area contributed by atoms with E-state index in [9.17, 15) is 0 Å². The molecule has 1 aliphatic rings. The third-order valence-corrected chi connectivity index (χ3v) is 3.45. The maximum Gasteiger partial charge on any atom is 0.0952 e. The number of imidazole rings is 1. The molecule has 0 unspecified atom stereocenters. The lowest BCUT2D eigenvalue weighted by Gasteiger charge is -2.29. The molecule has 2 aromatic rings. The Hall–Kier alpha value is -1.77. The smallest absolute Gasteiger partial charge is 0.0952 e. The number of H-pyrrole nitrogens is 1. The monoisotopic (exact) mass is 213 g/mol. The average molecular weight is 213 g/mol. The lowest BCUT2D eigenvalue weighted by atomic mass is 9.96. The van der Waals surface area contributed by atoms with E-state index in [2.05, 4.69) is 47.9 Å². The average Bonchev–Trinajstić information content (AvgIpc) is 2.70. The molecule has 0 amide bonds. The van der Waals surface area contributed by atoms with E-state index in [1.807, 2.05) is 0 Å². The summed E-state index contributed by atoms with van der Waals surface area (Å²) in [5.41, 5.74) is 7.57. The molecular formula is C13H15N3. The normalized spacial score (nSPS) is 13.6. The van der Waals surface area contributed by atoms with Crippen LogP contribution in [0.15, 0.2) is 18.5 Å². The molecule has 3 nitrogen and oxygen atoms in total. The number of fused-ring (bicyclic) bond motifs is 3. The Morgan fingerprint density at radius 1 is 1.31 bits per heavy atom. The van der Waals surface area contributed by atoms with Gasteiger partial charge in [-0.3, -0.25) is 0 Å². The van der Waals surface area contributed by atoms with E-state index in [4.69, 9.17) is 0 Å². The number of benzene rings is 1. The van der Waals surface area contributed by atoms with Crippen LogP contribution < -0.4 is 4.90 Å². The first-order chi connectivity index (χ1) is 7.68. The van der Waals surface area contributed by atoms with Crippen molar-refractivity contribution in [2.24, 2.45) is 0 Å². The summed E-state index contributed by atoms with van der Waals surface area (Å²) in [6.45, 7) is 5.25. The van der Waals surface area contributed by atoms with Gasteiger partial charge in [0.05, 0.1) is 24.3 Å². The zero-order chi connectivity index (χ0) is 11.3. The van der Waals surface area contributed by atoms with Crippen molar-refractivity contribution in [3.63, 3.8) is 0 Å². The van der Waals surface area contributed by atoms with Gasteiger partial charge >= 0.3 is 0 Å². The zero-order valence-corrected chi connectivity index (χ0v) is 9.83. The molecule has 0 fully saturated rings. The third-order valence-electron chi connectivity index (χ3n) is 3.45. The van der Waals surface area contributed by atoms with Gasteiger partial charge in [0.25, 0.3) is 0 Å². The summed E-state index contributed by atoms with van der Waals surface area (Å²) in [6.07, 6.45) is 1.78. The summed E-state index contributed by atoms with van der Waals surface area (Å²) < 4.78 is 0. The first-order valence-electron chi connectivity index (χ1n) is 5.52. The van der Waals surface area contributed by atoms with E-state index in [0.717, 1.165) is 12.2 Å². The van der Waals surface area contributed by atoms with Crippen LogP contribution in [-0.2, 0) is 6.54 Å². The van der Waals surface area contributed by atoms with Crippen LogP contribution in [0.1, 0.15) is 16.8 Å². The molecule has 1 aromatic heterocycles. The summed E-state index contributed by atoms with van der Waals surface area (Å²) in [5, 5.41) is 0. The molecule has 1 aromatic carbocycles. The second kappa shape index (κ2) is 3.11. The van der Waals surface area contributed by atoms with Crippen molar-refractivity contribution >= 4 is 5.69 Å². The van der Waals surface area contributed by atoms with Crippen LogP contribution in [0.3, 0.4) is 0 Å². The zero-order valence-electron chi connectivity index (χ0n) is 9.83. The molecule has 1 N–H and O–H groups in total. The predicted octanol–water partition coefficient (Wildman–Crippen LogP) is 2.64. The molecule has 16 heavy (non-hydrogen) atoms. The molecule has 3 heteroatoms. The van der Waals surface area contributed by atoms with Crippen LogP contribution in [0.25, 0.3) is 11.3 Å². The van der Waals surface area contributed by atoms with Gasteiger partial charge in [0, 0.05) is 18.3 Å². The van der Waals surface area contributed by atoms with Crippen molar-refractivity contribution < 1.29 is 0 Å². The fourth-order valence-corrected chi connectivity index (χ4v) is 2.47. The third kappa shape index (κ3) is 1.11. The summed E-state index contributed by atoms with van der Waals surface area (Å²) >= 11 is 0. The lowest BCUT2D eigenvalue weighted by Crippen LogP contribution is -2.23. The van der Waals surface area contributed by atoms with Crippen LogP contribution in [0.4, 0.5) is 5.69 Å². The number of nitrogens with zero attached hydrogens (tertiary/aromatic N) is 2. The van der Waals surface area contributed by atoms with E-state index in [1.54, 1.807) is 6.33 Å². The van der Waals surface area contributed by atoms with E-state index < -0.39 is 0 Å². The summed E-state index contributed by atoms with van der Waals surface area (Å²) in [4.78, 5) is 9.92. The Labute approximate surface area is 95.1 Å². The topological polar surface area (TPSA) is 31.9 Å². The Morgan fingerprint density at radius 3 is 2.94 bits per heavy atom. The number of rotatable bonds is 0. The van der Waals surface area contributed by atoms with Gasteiger partial charge in [0.15, 0.2) is 0 Å². The molecule has 3 rings (SSSR count). The van der Waals surface area contributed by atoms with E-state index in [0.29, 0.717) is 0 Å². The number of aryl methyl sites for hydroxylation is 1. The highest BCUT2D eigenvalue weighted by atomic mass is 15.1. The minimum Gasteiger partial charge on any atom is -0.368 e. The number of aromatic amines is 1. The summed E-state index contributed by atoms with van der Waals surface area (Å²) in [6, 6.07) is 4.35. The SMILES string of the molecule is Cc1ccc2c(c1C)N(C)Cc1[nH]cnc1-2. The predicted molar refractivity (Wildman–Crippen MR) is 65.6 cm³/mol. The Kier molecular flexibility index (Phi) is 1.84. The first-order valence-corrected chi connectivity index (χ1v) is 5.52. The molecule has 1 aliphatic heterocycles. The highest BCUT2D eigenvalue weighted by Gasteiger charge is 2.23. The molecule has 82 valence electrons. The molecule has 0 radical (unpaired) electrons. The van der Waals surface area contributed by atoms with Crippen LogP contribution in [-0.4, -0.2) is 17.0 Å².